The molecule has 3 heterocycles. The van der Waals surface area contributed by atoms with Gasteiger partial charge in [-0.05, 0) is 63.0 Å². The molecule has 8 heteroatoms. The van der Waals surface area contributed by atoms with Gasteiger partial charge in [-0.1, -0.05) is 24.6 Å². The highest BCUT2D eigenvalue weighted by atomic mass is 35.5. The Kier molecular flexibility index (Phi) is 6.51. The van der Waals surface area contributed by atoms with Crippen LogP contribution in [0.15, 0.2) is 30.5 Å². The topological polar surface area (TPSA) is 78.4 Å². The number of hydrogen-bond acceptors (Lipinski definition) is 6. The maximum absolute atomic E-state index is 11.5. The molecule has 4 rings (SSSR count). The number of aromatic carboxylic acids is 1. The molecule has 0 unspecified atom stereocenters. The summed E-state index contributed by atoms with van der Waals surface area (Å²) >= 11 is 7.86. The zero-order valence-corrected chi connectivity index (χ0v) is 18.5. The number of carboxylic acids is 1. The fraction of sp³-hybridized carbons (Fsp3) is 0.409. The number of carboxylic acid groups (broad SMARTS) is 1. The van der Waals surface area contributed by atoms with Gasteiger partial charge in [0, 0.05) is 16.6 Å². The molecule has 158 valence electrons. The van der Waals surface area contributed by atoms with Crippen LogP contribution in [-0.2, 0) is 0 Å². The second-order valence-corrected chi connectivity index (χ2v) is 9.11. The second kappa shape index (κ2) is 9.29. The standard InChI is InChI=1S/C22H25ClN4O2S/c1-2-27-10-7-14(8-11-27)6-9-24-22-25-13-17(23)20(26-22)19-12-16-15(21(28)29)4-3-5-18(16)30-19/h3-5,12-14H,2,6-11H2,1H3,(H,28,29)(H,24,25,26). The average Bonchev–Trinajstić information content (AvgIpc) is 3.19. The zero-order valence-electron chi connectivity index (χ0n) is 16.9. The van der Waals surface area contributed by atoms with E-state index < -0.39 is 5.97 Å². The minimum Gasteiger partial charge on any atom is -0.478 e. The van der Waals surface area contributed by atoms with E-state index in [2.05, 4.69) is 27.1 Å². The van der Waals surface area contributed by atoms with Gasteiger partial charge in [0.2, 0.25) is 5.95 Å². The molecule has 0 saturated carbocycles. The summed E-state index contributed by atoms with van der Waals surface area (Å²) in [6.45, 7) is 6.56. The van der Waals surface area contributed by atoms with Gasteiger partial charge in [-0.15, -0.1) is 11.3 Å². The molecular formula is C22H25ClN4O2S. The summed E-state index contributed by atoms with van der Waals surface area (Å²) in [4.78, 5) is 23.8. The van der Waals surface area contributed by atoms with Crippen LogP contribution in [0, 0.1) is 5.92 Å². The maximum atomic E-state index is 11.5. The Bertz CT molecular complexity index is 1050. The van der Waals surface area contributed by atoms with Crippen molar-refractivity contribution >= 4 is 44.9 Å². The lowest BCUT2D eigenvalue weighted by Gasteiger charge is -2.31. The molecule has 0 aliphatic carbocycles. The first-order valence-electron chi connectivity index (χ1n) is 10.3. The molecule has 0 radical (unpaired) electrons. The monoisotopic (exact) mass is 444 g/mol. The largest absolute Gasteiger partial charge is 0.478 e. The number of carbonyl (C=O) groups is 1. The van der Waals surface area contributed by atoms with Crippen LogP contribution in [0.25, 0.3) is 20.7 Å². The SMILES string of the molecule is CCN1CCC(CCNc2ncc(Cl)c(-c3cc4c(C(=O)O)cccc4s3)n2)CC1. The number of aromatic nitrogens is 2. The predicted molar refractivity (Wildman–Crippen MR) is 123 cm³/mol. The number of thiophene rings is 1. The molecule has 1 aromatic carbocycles. The van der Waals surface area contributed by atoms with Crippen LogP contribution < -0.4 is 5.32 Å². The number of fused-ring (bicyclic) bond motifs is 1. The molecule has 1 aliphatic heterocycles. The van der Waals surface area contributed by atoms with E-state index in [1.807, 2.05) is 12.1 Å². The van der Waals surface area contributed by atoms with E-state index in [-0.39, 0.29) is 5.56 Å². The van der Waals surface area contributed by atoms with Crippen molar-refractivity contribution in [1.82, 2.24) is 14.9 Å². The van der Waals surface area contributed by atoms with Gasteiger partial charge in [-0.3, -0.25) is 0 Å². The Labute approximate surface area is 184 Å². The van der Waals surface area contributed by atoms with E-state index in [0.29, 0.717) is 22.1 Å². The van der Waals surface area contributed by atoms with Gasteiger partial charge in [0.05, 0.1) is 21.7 Å². The summed E-state index contributed by atoms with van der Waals surface area (Å²) in [5, 5.41) is 13.9. The molecule has 3 aromatic rings. The van der Waals surface area contributed by atoms with Gasteiger partial charge < -0.3 is 15.3 Å². The summed E-state index contributed by atoms with van der Waals surface area (Å²) in [5.74, 6) is 0.353. The highest BCUT2D eigenvalue weighted by Crippen LogP contribution is 2.37. The first kappa shape index (κ1) is 21.0. The van der Waals surface area contributed by atoms with Crippen LogP contribution in [0.1, 0.15) is 36.5 Å². The van der Waals surface area contributed by atoms with Crippen molar-refractivity contribution in [2.45, 2.75) is 26.2 Å². The molecule has 2 N–H and O–H groups in total. The number of nitrogens with zero attached hydrogens (tertiary/aromatic N) is 3. The summed E-state index contributed by atoms with van der Waals surface area (Å²) in [5.41, 5.74) is 0.913. The minimum absolute atomic E-state index is 0.285. The molecule has 0 spiro atoms. The predicted octanol–water partition coefficient (Wildman–Crippen LogP) is 5.24. The Morgan fingerprint density at radius 3 is 2.90 bits per heavy atom. The van der Waals surface area contributed by atoms with Crippen molar-refractivity contribution < 1.29 is 9.90 Å². The van der Waals surface area contributed by atoms with Gasteiger partial charge >= 0.3 is 5.97 Å². The van der Waals surface area contributed by atoms with Crippen LogP contribution >= 0.6 is 22.9 Å². The third-order valence-corrected chi connectivity index (χ3v) is 7.14. The zero-order chi connectivity index (χ0) is 21.1. The smallest absolute Gasteiger partial charge is 0.336 e. The minimum atomic E-state index is -0.939. The van der Waals surface area contributed by atoms with Crippen LogP contribution in [0.2, 0.25) is 5.02 Å². The first-order chi connectivity index (χ1) is 14.5. The number of benzene rings is 1. The highest BCUT2D eigenvalue weighted by Gasteiger charge is 2.18. The molecule has 30 heavy (non-hydrogen) atoms. The van der Waals surface area contributed by atoms with E-state index in [0.717, 1.165) is 35.0 Å². The number of hydrogen-bond donors (Lipinski definition) is 2. The molecule has 0 bridgehead atoms. The van der Waals surface area contributed by atoms with Crippen molar-refractivity contribution in [1.29, 1.82) is 0 Å². The average molecular weight is 445 g/mol. The highest BCUT2D eigenvalue weighted by molar-refractivity contribution is 7.22. The first-order valence-corrected chi connectivity index (χ1v) is 11.5. The van der Waals surface area contributed by atoms with E-state index >= 15 is 0 Å². The molecule has 6 nitrogen and oxygen atoms in total. The number of halogens is 1. The Hall–Kier alpha value is -2.22. The summed E-state index contributed by atoms with van der Waals surface area (Å²) in [7, 11) is 0. The van der Waals surface area contributed by atoms with E-state index in [4.69, 9.17) is 11.6 Å². The molecule has 2 aromatic heterocycles. The molecular weight excluding hydrogens is 420 g/mol. The lowest BCUT2D eigenvalue weighted by molar-refractivity contribution is 0.0699. The van der Waals surface area contributed by atoms with Gasteiger partial charge in [-0.25, -0.2) is 14.8 Å². The Morgan fingerprint density at radius 1 is 1.37 bits per heavy atom. The van der Waals surface area contributed by atoms with Crippen LogP contribution in [0.5, 0.6) is 0 Å². The van der Waals surface area contributed by atoms with E-state index in [1.165, 1.54) is 37.3 Å². The molecule has 1 fully saturated rings. The van der Waals surface area contributed by atoms with Crippen molar-refractivity contribution in [3.8, 4) is 10.6 Å². The van der Waals surface area contributed by atoms with Crippen LogP contribution in [0.4, 0.5) is 5.95 Å². The van der Waals surface area contributed by atoms with Gasteiger partial charge in [0.25, 0.3) is 0 Å². The molecule has 0 amide bonds. The van der Waals surface area contributed by atoms with Crippen molar-refractivity contribution in [2.75, 3.05) is 31.5 Å². The van der Waals surface area contributed by atoms with Crippen LogP contribution in [0.3, 0.4) is 0 Å². The van der Waals surface area contributed by atoms with Crippen LogP contribution in [-0.4, -0.2) is 52.1 Å². The quantitative estimate of drug-likeness (QED) is 0.518. The fourth-order valence-electron chi connectivity index (χ4n) is 3.97. The third-order valence-electron chi connectivity index (χ3n) is 5.76. The summed E-state index contributed by atoms with van der Waals surface area (Å²) in [6, 6.07) is 7.13. The van der Waals surface area contributed by atoms with Gasteiger partial charge in [-0.2, -0.15) is 0 Å². The maximum Gasteiger partial charge on any atom is 0.336 e. The van der Waals surface area contributed by atoms with Crippen molar-refractivity contribution in [3.63, 3.8) is 0 Å². The molecule has 0 atom stereocenters. The number of piperidine rings is 1. The number of nitrogens with one attached hydrogen (secondary N) is 1. The Balaban J connectivity index is 1.47. The Morgan fingerprint density at radius 2 is 2.17 bits per heavy atom. The molecule has 1 aliphatic rings. The second-order valence-electron chi connectivity index (χ2n) is 7.62. The van der Waals surface area contributed by atoms with Gasteiger partial charge in [0.1, 0.15) is 5.69 Å². The third kappa shape index (κ3) is 4.58. The number of rotatable bonds is 7. The van der Waals surface area contributed by atoms with Crippen molar-refractivity contribution in [2.24, 2.45) is 5.92 Å². The van der Waals surface area contributed by atoms with E-state index in [1.54, 1.807) is 18.3 Å². The lowest BCUT2D eigenvalue weighted by atomic mass is 9.93. The number of likely N-dealkylation sites (tertiary alicyclic amines) is 1. The fourth-order valence-corrected chi connectivity index (χ4v) is 5.31. The molecule has 1 saturated heterocycles. The summed E-state index contributed by atoms with van der Waals surface area (Å²) < 4.78 is 0.896. The van der Waals surface area contributed by atoms with E-state index in [9.17, 15) is 9.90 Å². The lowest BCUT2D eigenvalue weighted by Crippen LogP contribution is -2.33. The van der Waals surface area contributed by atoms with Gasteiger partial charge in [0.15, 0.2) is 0 Å². The number of anilines is 1. The van der Waals surface area contributed by atoms with Crippen molar-refractivity contribution in [3.05, 3.63) is 41.0 Å². The summed E-state index contributed by atoms with van der Waals surface area (Å²) in [6.07, 6.45) is 5.20. The normalized spacial score (nSPS) is 15.5.